The van der Waals surface area contributed by atoms with Crippen molar-refractivity contribution in [3.63, 3.8) is 0 Å². The van der Waals surface area contributed by atoms with E-state index in [1.807, 2.05) is 20.9 Å². The Bertz CT molecular complexity index is 348. The highest BCUT2D eigenvalue weighted by molar-refractivity contribution is 9.10. The third-order valence-electron chi connectivity index (χ3n) is 2.43. The van der Waals surface area contributed by atoms with Gasteiger partial charge in [-0.15, -0.1) is 0 Å². The minimum absolute atomic E-state index is 0.0285. The van der Waals surface area contributed by atoms with Crippen LogP contribution in [0.25, 0.3) is 0 Å². The quantitative estimate of drug-likeness (QED) is 0.846. The van der Waals surface area contributed by atoms with E-state index < -0.39 is 0 Å². The Morgan fingerprint density at radius 3 is 2.87 bits per heavy atom. The lowest BCUT2D eigenvalue weighted by Crippen LogP contribution is -2.30. The maximum atomic E-state index is 11.5. The van der Waals surface area contributed by atoms with Gasteiger partial charge in [0.2, 0.25) is 5.91 Å². The van der Waals surface area contributed by atoms with E-state index in [0.717, 1.165) is 17.7 Å². The Labute approximate surface area is 98.2 Å². The van der Waals surface area contributed by atoms with Crippen LogP contribution in [0.3, 0.4) is 0 Å². The summed E-state index contributed by atoms with van der Waals surface area (Å²) >= 11 is 3.31. The van der Waals surface area contributed by atoms with Gasteiger partial charge in [0.1, 0.15) is 0 Å². The number of aryl methyl sites for hydroxylation is 1. The molecule has 84 valence electrons. The molecule has 5 heteroatoms. The van der Waals surface area contributed by atoms with Gasteiger partial charge in [-0.3, -0.25) is 9.48 Å². The van der Waals surface area contributed by atoms with Gasteiger partial charge < -0.3 is 5.32 Å². The summed E-state index contributed by atoms with van der Waals surface area (Å²) < 4.78 is 1.80. The monoisotopic (exact) mass is 273 g/mol. The third-order valence-corrected chi connectivity index (χ3v) is 3.50. The molecule has 0 spiro atoms. The molecule has 0 fully saturated rings. The van der Waals surface area contributed by atoms with Crippen molar-refractivity contribution in [2.75, 3.05) is 0 Å². The first-order valence-electron chi connectivity index (χ1n) is 4.95. The molecular weight excluding hydrogens is 258 g/mol. The summed E-state index contributed by atoms with van der Waals surface area (Å²) in [5.41, 5.74) is 2.14. The number of carbonyl (C=O) groups excluding carboxylic acids is 1. The zero-order chi connectivity index (χ0) is 11.4. The Morgan fingerprint density at radius 1 is 1.73 bits per heavy atom. The van der Waals surface area contributed by atoms with Crippen LogP contribution in [0.15, 0.2) is 6.20 Å². The highest BCUT2D eigenvalue weighted by Crippen LogP contribution is 2.07. The number of carbonyl (C=O) groups is 1. The Kier molecular flexibility index (Phi) is 4.32. The van der Waals surface area contributed by atoms with Crippen molar-refractivity contribution in [3.05, 3.63) is 17.5 Å². The molecule has 0 aliphatic heterocycles. The van der Waals surface area contributed by atoms with Gasteiger partial charge in [0, 0.05) is 24.8 Å². The first-order chi connectivity index (χ1) is 7.06. The summed E-state index contributed by atoms with van der Waals surface area (Å²) in [5, 5.41) is 6.98. The van der Waals surface area contributed by atoms with Crippen molar-refractivity contribution in [1.29, 1.82) is 0 Å². The standard InChI is InChI=1S/C10H16BrN3O/c1-4-9(11)10(15)12-5-8-6-13-14(3)7(8)2/h6,9H,4-5H2,1-3H3,(H,12,15). The van der Waals surface area contributed by atoms with Crippen LogP contribution < -0.4 is 5.32 Å². The van der Waals surface area contributed by atoms with Gasteiger partial charge in [0.15, 0.2) is 0 Å². The van der Waals surface area contributed by atoms with Crippen LogP contribution in [0.2, 0.25) is 0 Å². The van der Waals surface area contributed by atoms with Crippen molar-refractivity contribution in [1.82, 2.24) is 15.1 Å². The molecule has 0 saturated heterocycles. The fourth-order valence-electron chi connectivity index (χ4n) is 1.20. The molecule has 1 aromatic heterocycles. The second-order valence-corrected chi connectivity index (χ2v) is 4.58. The number of halogens is 1. The number of alkyl halides is 1. The lowest BCUT2D eigenvalue weighted by molar-refractivity contribution is -0.120. The van der Waals surface area contributed by atoms with E-state index in [9.17, 15) is 4.79 Å². The van der Waals surface area contributed by atoms with E-state index in [4.69, 9.17) is 0 Å². The molecule has 1 unspecified atom stereocenters. The highest BCUT2D eigenvalue weighted by atomic mass is 79.9. The average Bonchev–Trinajstić information content (AvgIpc) is 2.55. The molecule has 1 aromatic rings. The maximum absolute atomic E-state index is 11.5. The molecule has 1 N–H and O–H groups in total. The number of hydrogen-bond donors (Lipinski definition) is 1. The molecule has 4 nitrogen and oxygen atoms in total. The van der Waals surface area contributed by atoms with Gasteiger partial charge in [-0.1, -0.05) is 22.9 Å². The van der Waals surface area contributed by atoms with Gasteiger partial charge >= 0.3 is 0 Å². The van der Waals surface area contributed by atoms with Gasteiger partial charge in [-0.2, -0.15) is 5.10 Å². The lowest BCUT2D eigenvalue weighted by Gasteiger charge is -2.08. The van der Waals surface area contributed by atoms with Crippen LogP contribution in [0.4, 0.5) is 0 Å². The van der Waals surface area contributed by atoms with E-state index >= 15 is 0 Å². The Morgan fingerprint density at radius 2 is 2.40 bits per heavy atom. The first-order valence-corrected chi connectivity index (χ1v) is 5.87. The largest absolute Gasteiger partial charge is 0.351 e. The Hall–Kier alpha value is -0.840. The van der Waals surface area contributed by atoms with Crippen molar-refractivity contribution < 1.29 is 4.79 Å². The Balaban J connectivity index is 2.51. The zero-order valence-electron chi connectivity index (χ0n) is 9.25. The highest BCUT2D eigenvalue weighted by Gasteiger charge is 2.12. The minimum atomic E-state index is -0.102. The van der Waals surface area contributed by atoms with Gasteiger partial charge in [-0.25, -0.2) is 0 Å². The molecule has 0 bridgehead atoms. The molecule has 0 aromatic carbocycles. The zero-order valence-corrected chi connectivity index (χ0v) is 10.8. The van der Waals surface area contributed by atoms with Crippen molar-refractivity contribution in [2.24, 2.45) is 7.05 Å². The molecule has 0 radical (unpaired) electrons. The fraction of sp³-hybridized carbons (Fsp3) is 0.600. The van der Waals surface area contributed by atoms with Gasteiger partial charge in [0.25, 0.3) is 0 Å². The topological polar surface area (TPSA) is 46.9 Å². The third kappa shape index (κ3) is 3.06. The fourth-order valence-corrected chi connectivity index (χ4v) is 1.36. The summed E-state index contributed by atoms with van der Waals surface area (Å²) in [7, 11) is 1.89. The van der Waals surface area contributed by atoms with Crippen molar-refractivity contribution >= 4 is 21.8 Å². The number of amides is 1. The summed E-state index contributed by atoms with van der Waals surface area (Å²) in [6, 6.07) is 0. The summed E-state index contributed by atoms with van der Waals surface area (Å²) in [5.74, 6) is 0.0285. The minimum Gasteiger partial charge on any atom is -0.351 e. The molecular formula is C10H16BrN3O. The molecule has 1 heterocycles. The molecule has 15 heavy (non-hydrogen) atoms. The molecule has 0 aliphatic carbocycles. The second-order valence-electron chi connectivity index (χ2n) is 3.47. The van der Waals surface area contributed by atoms with E-state index in [1.54, 1.807) is 10.9 Å². The molecule has 1 amide bonds. The normalized spacial score (nSPS) is 12.5. The van der Waals surface area contributed by atoms with Crippen LogP contribution in [0, 0.1) is 6.92 Å². The molecule has 0 saturated carbocycles. The second kappa shape index (κ2) is 5.30. The van der Waals surface area contributed by atoms with Crippen LogP contribution in [0.1, 0.15) is 24.6 Å². The molecule has 1 atom stereocenters. The number of nitrogens with one attached hydrogen (secondary N) is 1. The van der Waals surface area contributed by atoms with Crippen molar-refractivity contribution in [3.8, 4) is 0 Å². The number of aromatic nitrogens is 2. The molecule has 1 rings (SSSR count). The SMILES string of the molecule is CCC(Br)C(=O)NCc1cnn(C)c1C. The lowest BCUT2D eigenvalue weighted by atomic mass is 10.2. The van der Waals surface area contributed by atoms with E-state index in [2.05, 4.69) is 26.3 Å². The van der Waals surface area contributed by atoms with Crippen LogP contribution in [-0.4, -0.2) is 20.5 Å². The number of nitrogens with zero attached hydrogens (tertiary/aromatic N) is 2. The first kappa shape index (κ1) is 12.2. The summed E-state index contributed by atoms with van der Waals surface area (Å²) in [6.07, 6.45) is 2.57. The number of rotatable bonds is 4. The van der Waals surface area contributed by atoms with Gasteiger partial charge in [0.05, 0.1) is 11.0 Å². The van der Waals surface area contributed by atoms with Crippen molar-refractivity contribution in [2.45, 2.75) is 31.6 Å². The molecule has 0 aliphatic rings. The van der Waals surface area contributed by atoms with Crippen LogP contribution in [0.5, 0.6) is 0 Å². The predicted octanol–water partition coefficient (Wildman–Crippen LogP) is 1.52. The van der Waals surface area contributed by atoms with Crippen LogP contribution >= 0.6 is 15.9 Å². The van der Waals surface area contributed by atoms with E-state index in [1.165, 1.54) is 0 Å². The summed E-state index contributed by atoms with van der Waals surface area (Å²) in [6.45, 7) is 4.49. The maximum Gasteiger partial charge on any atom is 0.234 e. The predicted molar refractivity (Wildman–Crippen MR) is 62.8 cm³/mol. The smallest absolute Gasteiger partial charge is 0.234 e. The average molecular weight is 274 g/mol. The van der Waals surface area contributed by atoms with Crippen LogP contribution in [-0.2, 0) is 18.4 Å². The number of hydrogen-bond acceptors (Lipinski definition) is 2. The van der Waals surface area contributed by atoms with E-state index in [0.29, 0.717) is 6.54 Å². The van der Waals surface area contributed by atoms with Gasteiger partial charge in [-0.05, 0) is 13.3 Å². The van der Waals surface area contributed by atoms with E-state index in [-0.39, 0.29) is 10.7 Å². The summed E-state index contributed by atoms with van der Waals surface area (Å²) in [4.78, 5) is 11.4.